The van der Waals surface area contributed by atoms with Crippen LogP contribution in [0.2, 0.25) is 5.02 Å². The first kappa shape index (κ1) is 14.9. The van der Waals surface area contributed by atoms with Gasteiger partial charge in [-0.1, -0.05) is 45.7 Å². The van der Waals surface area contributed by atoms with Gasteiger partial charge in [0.25, 0.3) is 0 Å². The number of hydrogen-bond acceptors (Lipinski definition) is 2. The molecule has 5 heteroatoms. The maximum Gasteiger partial charge on any atom is 0.248 e. The lowest BCUT2D eigenvalue weighted by molar-refractivity contribution is 0.100. The molecule has 3 nitrogen and oxygen atoms in total. The highest BCUT2D eigenvalue weighted by atomic mass is 79.9. The summed E-state index contributed by atoms with van der Waals surface area (Å²) in [5.74, 6) is -0.474. The van der Waals surface area contributed by atoms with Crippen molar-refractivity contribution >= 4 is 39.1 Å². The first-order valence-corrected chi connectivity index (χ1v) is 7.26. The van der Waals surface area contributed by atoms with E-state index < -0.39 is 5.91 Å². The molecule has 1 atom stereocenters. The molecule has 0 bridgehead atoms. The number of rotatable bonds is 4. The number of benzene rings is 2. The second kappa shape index (κ2) is 6.29. The fourth-order valence-electron chi connectivity index (χ4n) is 1.93. The molecule has 0 spiro atoms. The van der Waals surface area contributed by atoms with E-state index in [0.29, 0.717) is 16.3 Å². The number of nitrogens with two attached hydrogens (primary N) is 1. The van der Waals surface area contributed by atoms with E-state index in [1.54, 1.807) is 18.2 Å². The van der Waals surface area contributed by atoms with Crippen molar-refractivity contribution in [2.24, 2.45) is 5.73 Å². The lowest BCUT2D eigenvalue weighted by Gasteiger charge is -2.18. The summed E-state index contributed by atoms with van der Waals surface area (Å²) in [6.07, 6.45) is 0. The van der Waals surface area contributed by atoms with E-state index in [9.17, 15) is 4.79 Å². The van der Waals surface area contributed by atoms with Crippen LogP contribution in [0.25, 0.3) is 0 Å². The molecule has 0 aromatic heterocycles. The van der Waals surface area contributed by atoms with Crippen LogP contribution < -0.4 is 11.1 Å². The summed E-state index contributed by atoms with van der Waals surface area (Å²) in [7, 11) is 0. The van der Waals surface area contributed by atoms with Gasteiger partial charge in [-0.3, -0.25) is 4.79 Å². The predicted octanol–water partition coefficient (Wildman–Crippen LogP) is 4.37. The Kier molecular flexibility index (Phi) is 4.68. The second-order valence-corrected chi connectivity index (χ2v) is 5.71. The summed E-state index contributed by atoms with van der Waals surface area (Å²) in [4.78, 5) is 11.2. The SMILES string of the molecule is CC(Nc1cc(C(N)=O)ccc1Cl)c1ccccc1Br. The summed E-state index contributed by atoms with van der Waals surface area (Å²) >= 11 is 9.67. The molecule has 1 unspecified atom stereocenters. The van der Waals surface area contributed by atoms with E-state index in [1.807, 2.05) is 31.2 Å². The van der Waals surface area contributed by atoms with Crippen molar-refractivity contribution in [2.75, 3.05) is 5.32 Å². The second-order valence-electron chi connectivity index (χ2n) is 4.45. The Bertz CT molecular complexity index is 646. The number of anilines is 1. The third kappa shape index (κ3) is 3.32. The number of hydrogen-bond donors (Lipinski definition) is 2. The van der Waals surface area contributed by atoms with Crippen LogP contribution in [-0.2, 0) is 0 Å². The van der Waals surface area contributed by atoms with E-state index in [2.05, 4.69) is 21.2 Å². The summed E-state index contributed by atoms with van der Waals surface area (Å²) < 4.78 is 1.02. The molecule has 1 amide bonds. The summed E-state index contributed by atoms with van der Waals surface area (Å²) in [5.41, 5.74) is 7.50. The first-order chi connectivity index (χ1) is 9.49. The van der Waals surface area contributed by atoms with E-state index in [4.69, 9.17) is 17.3 Å². The Morgan fingerprint density at radius 3 is 2.65 bits per heavy atom. The Hall–Kier alpha value is -1.52. The van der Waals surface area contributed by atoms with Gasteiger partial charge < -0.3 is 11.1 Å². The number of amides is 1. The minimum absolute atomic E-state index is 0.0335. The van der Waals surface area contributed by atoms with Gasteiger partial charge in [0, 0.05) is 16.1 Å². The van der Waals surface area contributed by atoms with Crippen molar-refractivity contribution in [3.05, 3.63) is 63.1 Å². The zero-order valence-corrected chi connectivity index (χ0v) is 13.2. The van der Waals surface area contributed by atoms with Gasteiger partial charge in [-0.2, -0.15) is 0 Å². The number of carbonyl (C=O) groups is 1. The van der Waals surface area contributed by atoms with Crippen LogP contribution in [0.5, 0.6) is 0 Å². The molecular formula is C15H14BrClN2O. The third-order valence-electron chi connectivity index (χ3n) is 2.99. The molecule has 0 saturated carbocycles. The summed E-state index contributed by atoms with van der Waals surface area (Å²) in [5, 5.41) is 3.84. The molecule has 0 saturated heterocycles. The predicted molar refractivity (Wildman–Crippen MR) is 86.1 cm³/mol. The molecule has 0 aliphatic heterocycles. The topological polar surface area (TPSA) is 55.1 Å². The van der Waals surface area contributed by atoms with Crippen LogP contribution in [0.4, 0.5) is 5.69 Å². The number of nitrogens with one attached hydrogen (secondary N) is 1. The van der Waals surface area contributed by atoms with Crippen molar-refractivity contribution in [2.45, 2.75) is 13.0 Å². The Morgan fingerprint density at radius 1 is 1.30 bits per heavy atom. The van der Waals surface area contributed by atoms with Crippen molar-refractivity contribution in [1.29, 1.82) is 0 Å². The van der Waals surface area contributed by atoms with Gasteiger partial charge in [-0.05, 0) is 36.8 Å². The zero-order valence-electron chi connectivity index (χ0n) is 10.9. The normalized spacial score (nSPS) is 11.9. The molecule has 3 N–H and O–H groups in total. The standard InChI is InChI=1S/C15H14BrClN2O/c1-9(11-4-2-3-5-12(11)16)19-14-8-10(15(18)20)6-7-13(14)17/h2-9,19H,1H3,(H2,18,20). The monoisotopic (exact) mass is 352 g/mol. The Morgan fingerprint density at radius 2 is 2.00 bits per heavy atom. The molecule has 0 radical (unpaired) electrons. The molecule has 2 aromatic carbocycles. The molecular weight excluding hydrogens is 340 g/mol. The first-order valence-electron chi connectivity index (χ1n) is 6.09. The maximum atomic E-state index is 11.2. The third-order valence-corrected chi connectivity index (χ3v) is 4.05. The highest BCUT2D eigenvalue weighted by molar-refractivity contribution is 9.10. The number of halogens is 2. The maximum absolute atomic E-state index is 11.2. The van der Waals surface area contributed by atoms with Crippen LogP contribution in [0.1, 0.15) is 28.9 Å². The lowest BCUT2D eigenvalue weighted by Crippen LogP contribution is -2.12. The average molecular weight is 354 g/mol. The van der Waals surface area contributed by atoms with Crippen LogP contribution >= 0.6 is 27.5 Å². The number of primary amides is 1. The van der Waals surface area contributed by atoms with Gasteiger partial charge in [-0.15, -0.1) is 0 Å². The van der Waals surface area contributed by atoms with Gasteiger partial charge >= 0.3 is 0 Å². The van der Waals surface area contributed by atoms with Crippen molar-refractivity contribution in [3.63, 3.8) is 0 Å². The van der Waals surface area contributed by atoms with Gasteiger partial charge in [0.1, 0.15) is 0 Å². The molecule has 0 aliphatic rings. The largest absolute Gasteiger partial charge is 0.377 e. The van der Waals surface area contributed by atoms with Crippen LogP contribution in [0, 0.1) is 0 Å². The Balaban J connectivity index is 2.28. The lowest BCUT2D eigenvalue weighted by atomic mass is 10.1. The molecule has 0 aliphatic carbocycles. The van der Waals surface area contributed by atoms with Crippen molar-refractivity contribution in [3.8, 4) is 0 Å². The zero-order chi connectivity index (χ0) is 14.7. The van der Waals surface area contributed by atoms with Gasteiger partial charge in [0.05, 0.1) is 10.7 Å². The van der Waals surface area contributed by atoms with E-state index in [0.717, 1.165) is 10.0 Å². The van der Waals surface area contributed by atoms with Crippen molar-refractivity contribution in [1.82, 2.24) is 0 Å². The van der Waals surface area contributed by atoms with Crippen LogP contribution in [-0.4, -0.2) is 5.91 Å². The fourth-order valence-corrected chi connectivity index (χ4v) is 2.73. The van der Waals surface area contributed by atoms with Gasteiger partial charge in [-0.25, -0.2) is 0 Å². The highest BCUT2D eigenvalue weighted by Crippen LogP contribution is 2.30. The molecule has 2 rings (SSSR count). The van der Waals surface area contributed by atoms with Crippen LogP contribution in [0.15, 0.2) is 46.9 Å². The van der Waals surface area contributed by atoms with Gasteiger partial charge in [0.2, 0.25) is 5.91 Å². The van der Waals surface area contributed by atoms with Crippen molar-refractivity contribution < 1.29 is 4.79 Å². The van der Waals surface area contributed by atoms with Gasteiger partial charge in [0.15, 0.2) is 0 Å². The van der Waals surface area contributed by atoms with E-state index in [1.165, 1.54) is 0 Å². The minimum Gasteiger partial charge on any atom is -0.377 e. The molecule has 20 heavy (non-hydrogen) atoms. The molecule has 0 fully saturated rings. The molecule has 2 aromatic rings. The molecule has 0 heterocycles. The van der Waals surface area contributed by atoms with Crippen LogP contribution in [0.3, 0.4) is 0 Å². The van der Waals surface area contributed by atoms with E-state index >= 15 is 0 Å². The Labute approximate surface area is 131 Å². The summed E-state index contributed by atoms with van der Waals surface area (Å²) in [6, 6.07) is 12.9. The van der Waals surface area contributed by atoms with E-state index in [-0.39, 0.29) is 6.04 Å². The highest BCUT2D eigenvalue weighted by Gasteiger charge is 2.12. The minimum atomic E-state index is -0.474. The number of carbonyl (C=O) groups excluding carboxylic acids is 1. The molecule has 104 valence electrons. The smallest absolute Gasteiger partial charge is 0.248 e. The summed E-state index contributed by atoms with van der Waals surface area (Å²) in [6.45, 7) is 2.02. The fraction of sp³-hybridized carbons (Fsp3) is 0.133. The average Bonchev–Trinajstić information content (AvgIpc) is 2.41. The quantitative estimate of drug-likeness (QED) is 0.857.